The van der Waals surface area contributed by atoms with Crippen molar-refractivity contribution in [2.24, 2.45) is 0 Å². The molecule has 0 bridgehead atoms. The number of Topliss-reactive ketones (excluding diaryl/α,β-unsaturated/α-hetero) is 2. The molecule has 8 heteroatoms. The van der Waals surface area contributed by atoms with Crippen molar-refractivity contribution in [3.8, 4) is 0 Å². The van der Waals surface area contributed by atoms with Gasteiger partial charge in [-0.3, -0.25) is 9.59 Å². The zero-order valence-electron chi connectivity index (χ0n) is 12.4. The Kier molecular flexibility index (Phi) is 5.69. The van der Waals surface area contributed by atoms with Crippen LogP contribution >= 0.6 is 0 Å². The van der Waals surface area contributed by atoms with Gasteiger partial charge in [0.2, 0.25) is 0 Å². The summed E-state index contributed by atoms with van der Waals surface area (Å²) in [7, 11) is 0. The van der Waals surface area contributed by atoms with E-state index in [2.05, 4.69) is 5.43 Å². The highest BCUT2D eigenvalue weighted by molar-refractivity contribution is 6.13. The van der Waals surface area contributed by atoms with Gasteiger partial charge in [0, 0.05) is 6.42 Å². The molecular formula is C13H20N2O6. The first kappa shape index (κ1) is 16.9. The highest BCUT2D eigenvalue weighted by Crippen LogP contribution is 2.32. The number of ether oxygens (including phenoxy) is 2. The molecule has 1 aliphatic carbocycles. The fourth-order valence-corrected chi connectivity index (χ4v) is 2.36. The maximum Gasteiger partial charge on any atom is 0.430 e. The van der Waals surface area contributed by atoms with Crippen molar-refractivity contribution in [3.63, 3.8) is 0 Å². The molecule has 0 unspecified atom stereocenters. The van der Waals surface area contributed by atoms with Crippen LogP contribution < -0.4 is 5.43 Å². The minimum absolute atomic E-state index is 0.0437. The number of nitrogens with zero attached hydrogens (tertiary/aromatic N) is 1. The molecule has 8 nitrogen and oxygen atoms in total. The lowest BCUT2D eigenvalue weighted by atomic mass is 9.91. The number of ketones is 2. The Morgan fingerprint density at radius 3 is 2.29 bits per heavy atom. The van der Waals surface area contributed by atoms with E-state index in [1.54, 1.807) is 13.8 Å². The van der Waals surface area contributed by atoms with Gasteiger partial charge in [0.25, 0.3) is 0 Å². The van der Waals surface area contributed by atoms with Crippen LogP contribution in [0.2, 0.25) is 0 Å². The van der Waals surface area contributed by atoms with Crippen molar-refractivity contribution >= 4 is 23.8 Å². The SMILES string of the molecule is CCOC(=O)NN(C(=O)OCC)[C@@]1(C(C)=O)CCCC1=O. The van der Waals surface area contributed by atoms with Crippen molar-refractivity contribution in [3.05, 3.63) is 0 Å². The average Bonchev–Trinajstić information content (AvgIpc) is 2.79. The molecule has 118 valence electrons. The number of nitrogens with one attached hydrogen (secondary N) is 1. The number of rotatable bonds is 4. The highest BCUT2D eigenvalue weighted by atomic mass is 16.6. The van der Waals surface area contributed by atoms with Gasteiger partial charge in [-0.25, -0.2) is 15.0 Å². The number of carbonyl (C=O) groups excluding carboxylic acids is 4. The number of hydrogen-bond acceptors (Lipinski definition) is 6. The van der Waals surface area contributed by atoms with Crippen LogP contribution in [0.25, 0.3) is 0 Å². The third-order valence-corrected chi connectivity index (χ3v) is 3.30. The summed E-state index contributed by atoms with van der Waals surface area (Å²) >= 11 is 0. The molecule has 21 heavy (non-hydrogen) atoms. The summed E-state index contributed by atoms with van der Waals surface area (Å²) in [5, 5.41) is 0.673. The van der Waals surface area contributed by atoms with E-state index in [1.807, 2.05) is 0 Å². The molecule has 0 aromatic heterocycles. The van der Waals surface area contributed by atoms with Crippen LogP contribution in [-0.4, -0.2) is 47.5 Å². The quantitative estimate of drug-likeness (QED) is 0.618. The van der Waals surface area contributed by atoms with Gasteiger partial charge in [0.05, 0.1) is 13.2 Å². The van der Waals surface area contributed by atoms with E-state index in [0.717, 1.165) is 0 Å². The summed E-state index contributed by atoms with van der Waals surface area (Å²) in [6.07, 6.45) is -1.12. The first-order valence-corrected chi connectivity index (χ1v) is 6.84. The first-order valence-electron chi connectivity index (χ1n) is 6.84. The second kappa shape index (κ2) is 7.05. The van der Waals surface area contributed by atoms with Crippen LogP contribution in [0.3, 0.4) is 0 Å². The summed E-state index contributed by atoms with van der Waals surface area (Å²) in [5.41, 5.74) is 0.444. The van der Waals surface area contributed by atoms with Gasteiger partial charge in [0.15, 0.2) is 17.1 Å². The molecule has 1 saturated carbocycles. The van der Waals surface area contributed by atoms with Gasteiger partial charge in [-0.15, -0.1) is 0 Å². The minimum Gasteiger partial charge on any atom is -0.449 e. The van der Waals surface area contributed by atoms with Crippen molar-refractivity contribution in [2.45, 2.75) is 45.6 Å². The van der Waals surface area contributed by atoms with Crippen LogP contribution in [0.15, 0.2) is 0 Å². The number of carbonyl (C=O) groups is 4. The second-order valence-corrected chi connectivity index (χ2v) is 4.56. The van der Waals surface area contributed by atoms with E-state index >= 15 is 0 Å². The van der Waals surface area contributed by atoms with E-state index in [-0.39, 0.29) is 26.1 Å². The van der Waals surface area contributed by atoms with E-state index < -0.39 is 29.3 Å². The Morgan fingerprint density at radius 1 is 1.24 bits per heavy atom. The third kappa shape index (κ3) is 3.32. The molecule has 0 aromatic rings. The fourth-order valence-electron chi connectivity index (χ4n) is 2.36. The standard InChI is InChI=1S/C13H20N2O6/c1-4-20-11(18)14-15(12(19)21-5-2)13(9(3)16)8-6-7-10(13)17/h4-8H2,1-3H3,(H,14,18)/t13-/m1/s1. The smallest absolute Gasteiger partial charge is 0.430 e. The molecule has 1 N–H and O–H groups in total. The van der Waals surface area contributed by atoms with Crippen molar-refractivity contribution in [1.29, 1.82) is 0 Å². The molecule has 0 radical (unpaired) electrons. The van der Waals surface area contributed by atoms with E-state index in [4.69, 9.17) is 9.47 Å². The molecule has 1 fully saturated rings. The molecule has 0 aromatic carbocycles. The maximum atomic E-state index is 12.2. The Labute approximate surface area is 122 Å². The molecule has 0 spiro atoms. The van der Waals surface area contributed by atoms with Crippen molar-refractivity contribution < 1.29 is 28.7 Å². The molecule has 1 aliphatic rings. The maximum absolute atomic E-state index is 12.2. The summed E-state index contributed by atoms with van der Waals surface area (Å²) in [6.45, 7) is 4.51. The van der Waals surface area contributed by atoms with Crippen molar-refractivity contribution in [2.75, 3.05) is 13.2 Å². The zero-order chi connectivity index (χ0) is 16.0. The minimum atomic E-state index is -1.71. The van der Waals surface area contributed by atoms with Gasteiger partial charge in [-0.05, 0) is 33.6 Å². The van der Waals surface area contributed by atoms with Crippen LogP contribution in [0.1, 0.15) is 40.0 Å². The van der Waals surface area contributed by atoms with E-state index in [9.17, 15) is 19.2 Å². The Bertz CT molecular complexity index is 450. The lowest BCUT2D eigenvalue weighted by Crippen LogP contribution is -2.65. The van der Waals surface area contributed by atoms with Crippen LogP contribution in [0.4, 0.5) is 9.59 Å². The topological polar surface area (TPSA) is 102 Å². The monoisotopic (exact) mass is 300 g/mol. The Balaban J connectivity index is 3.13. The largest absolute Gasteiger partial charge is 0.449 e. The predicted molar refractivity (Wildman–Crippen MR) is 71.3 cm³/mol. The fraction of sp³-hybridized carbons (Fsp3) is 0.692. The number of hydrazine groups is 1. The Morgan fingerprint density at radius 2 is 1.86 bits per heavy atom. The normalized spacial score (nSPS) is 20.8. The highest BCUT2D eigenvalue weighted by Gasteiger charge is 2.54. The number of hydrogen-bond donors (Lipinski definition) is 1. The lowest BCUT2D eigenvalue weighted by molar-refractivity contribution is -0.141. The number of amides is 2. The summed E-state index contributed by atoms with van der Waals surface area (Å²) in [6, 6.07) is 0. The van der Waals surface area contributed by atoms with Gasteiger partial charge >= 0.3 is 12.2 Å². The Hall–Kier alpha value is -2.12. The first-order chi connectivity index (χ1) is 9.90. The molecule has 0 saturated heterocycles. The summed E-state index contributed by atoms with van der Waals surface area (Å²) < 4.78 is 9.53. The van der Waals surface area contributed by atoms with Gasteiger partial charge in [0.1, 0.15) is 0 Å². The molecule has 0 heterocycles. The van der Waals surface area contributed by atoms with Gasteiger partial charge in [-0.1, -0.05) is 0 Å². The molecule has 2 amide bonds. The van der Waals surface area contributed by atoms with E-state index in [1.165, 1.54) is 6.92 Å². The summed E-state index contributed by atoms with van der Waals surface area (Å²) in [4.78, 5) is 47.8. The van der Waals surface area contributed by atoms with Crippen molar-refractivity contribution in [1.82, 2.24) is 10.4 Å². The zero-order valence-corrected chi connectivity index (χ0v) is 12.4. The summed E-state index contributed by atoms with van der Waals surface area (Å²) in [5.74, 6) is -0.935. The molecule has 0 aliphatic heterocycles. The van der Waals surface area contributed by atoms with E-state index in [0.29, 0.717) is 11.4 Å². The average molecular weight is 300 g/mol. The predicted octanol–water partition coefficient (Wildman–Crippen LogP) is 1.19. The van der Waals surface area contributed by atoms with Crippen LogP contribution in [-0.2, 0) is 19.1 Å². The lowest BCUT2D eigenvalue weighted by Gasteiger charge is -2.36. The molecule has 1 atom stereocenters. The molecular weight excluding hydrogens is 280 g/mol. The molecule has 1 rings (SSSR count). The van der Waals surface area contributed by atoms with Gasteiger partial charge in [-0.2, -0.15) is 5.01 Å². The van der Waals surface area contributed by atoms with Gasteiger partial charge < -0.3 is 9.47 Å². The van der Waals surface area contributed by atoms with Crippen LogP contribution in [0, 0.1) is 0 Å². The van der Waals surface area contributed by atoms with Crippen LogP contribution in [0.5, 0.6) is 0 Å². The second-order valence-electron chi connectivity index (χ2n) is 4.56. The third-order valence-electron chi connectivity index (χ3n) is 3.30.